The molecule has 0 radical (unpaired) electrons. The Kier molecular flexibility index (Phi) is 7.14. The van der Waals surface area contributed by atoms with Crippen molar-refractivity contribution in [2.75, 3.05) is 45.7 Å². The first kappa shape index (κ1) is 24.8. The van der Waals surface area contributed by atoms with Crippen LogP contribution in [0.3, 0.4) is 0 Å². The van der Waals surface area contributed by atoms with Crippen LogP contribution >= 0.6 is 11.6 Å². The fourth-order valence-electron chi connectivity index (χ4n) is 4.09. The molecule has 1 N–H and O–H groups in total. The summed E-state index contributed by atoms with van der Waals surface area (Å²) in [7, 11) is 3.73. The minimum Gasteiger partial charge on any atom is -0.495 e. The van der Waals surface area contributed by atoms with Gasteiger partial charge in [0.2, 0.25) is 0 Å². The van der Waals surface area contributed by atoms with E-state index in [9.17, 15) is 9.65 Å². The minimum atomic E-state index is -0.512. The van der Waals surface area contributed by atoms with Crippen molar-refractivity contribution in [2.45, 2.75) is 19.4 Å². The highest BCUT2D eigenvalue weighted by atomic mass is 35.5. The summed E-state index contributed by atoms with van der Waals surface area (Å²) in [6, 6.07) is 10.2. The number of nitriles is 1. The number of hydrogen-bond donors (Lipinski definition) is 1. The normalized spacial score (nSPS) is 14.8. The van der Waals surface area contributed by atoms with Gasteiger partial charge in [-0.3, -0.25) is 9.88 Å². The third-order valence-electron chi connectivity index (χ3n) is 6.30. The van der Waals surface area contributed by atoms with Gasteiger partial charge in [0.1, 0.15) is 17.6 Å². The van der Waals surface area contributed by atoms with E-state index in [1.165, 1.54) is 18.3 Å². The summed E-state index contributed by atoms with van der Waals surface area (Å²) in [5.41, 5.74) is 2.46. The number of methoxy groups -OCH3 is 1. The molecule has 0 unspecified atom stereocenters. The molecule has 1 aliphatic heterocycles. The lowest BCUT2D eigenvalue weighted by Crippen LogP contribution is -2.53. The number of nitrogens with zero attached hydrogens (tertiary/aromatic N) is 4. The van der Waals surface area contributed by atoms with E-state index in [4.69, 9.17) is 16.3 Å². The highest BCUT2D eigenvalue weighted by molar-refractivity contribution is 6.31. The molecule has 4 rings (SSSR count). The van der Waals surface area contributed by atoms with E-state index in [2.05, 4.69) is 58.9 Å². The standard InChI is InChI=1S/C27H27ClFN5O/c1-27(2,34-11-9-33(3)10-12-34)8-7-18-13-21-24(15-25(18)35-4)31-17-19(16-30)26(21)32-20-5-6-23(29)22(28)14-20/h5-6,13-15,17H,9-12H2,1-4H3,(H,31,32). The quantitative estimate of drug-likeness (QED) is 0.516. The van der Waals surface area contributed by atoms with Crippen LogP contribution in [-0.2, 0) is 0 Å². The first-order chi connectivity index (χ1) is 16.7. The van der Waals surface area contributed by atoms with Gasteiger partial charge in [0.05, 0.1) is 40.0 Å². The average molecular weight is 492 g/mol. The average Bonchev–Trinajstić information content (AvgIpc) is 2.85. The van der Waals surface area contributed by atoms with Gasteiger partial charge in [-0.1, -0.05) is 23.4 Å². The minimum absolute atomic E-state index is 0.00812. The number of likely N-dealkylation sites (N-methyl/N-ethyl adjacent to an activating group) is 1. The van der Waals surface area contributed by atoms with Crippen LogP contribution < -0.4 is 10.1 Å². The van der Waals surface area contributed by atoms with Crippen molar-refractivity contribution in [1.82, 2.24) is 14.8 Å². The van der Waals surface area contributed by atoms with Gasteiger partial charge in [-0.25, -0.2) is 4.39 Å². The molecule has 1 aromatic heterocycles. The summed E-state index contributed by atoms with van der Waals surface area (Å²) in [6.07, 6.45) is 1.50. The number of fused-ring (bicyclic) bond motifs is 1. The maximum Gasteiger partial charge on any atom is 0.141 e. The van der Waals surface area contributed by atoms with Crippen molar-refractivity contribution < 1.29 is 9.13 Å². The number of benzene rings is 2. The summed E-state index contributed by atoms with van der Waals surface area (Å²) in [5, 5.41) is 13.6. The summed E-state index contributed by atoms with van der Waals surface area (Å²) < 4.78 is 19.3. The third kappa shape index (κ3) is 5.33. The van der Waals surface area contributed by atoms with Crippen LogP contribution in [0.25, 0.3) is 10.9 Å². The molecule has 35 heavy (non-hydrogen) atoms. The molecule has 1 aliphatic rings. The second kappa shape index (κ2) is 10.1. The van der Waals surface area contributed by atoms with Crippen molar-refractivity contribution in [1.29, 1.82) is 5.26 Å². The Bertz CT molecular complexity index is 1360. The summed E-state index contributed by atoms with van der Waals surface area (Å²) in [4.78, 5) is 9.13. The molecule has 1 fully saturated rings. The second-order valence-electron chi connectivity index (χ2n) is 9.08. The SMILES string of the molecule is COc1cc2ncc(C#N)c(Nc3ccc(F)c(Cl)c3)c2cc1C#CC(C)(C)N1CCN(C)CC1. The third-order valence-corrected chi connectivity index (χ3v) is 6.59. The predicted octanol–water partition coefficient (Wildman–Crippen LogP) is 5.03. The van der Waals surface area contributed by atoms with Gasteiger partial charge in [0.25, 0.3) is 0 Å². The number of ether oxygens (including phenoxy) is 1. The molecule has 0 amide bonds. The van der Waals surface area contributed by atoms with Gasteiger partial charge >= 0.3 is 0 Å². The lowest BCUT2D eigenvalue weighted by atomic mass is 10.0. The Morgan fingerprint density at radius 3 is 2.54 bits per heavy atom. The summed E-state index contributed by atoms with van der Waals surface area (Å²) in [6.45, 7) is 8.18. The zero-order chi connectivity index (χ0) is 25.2. The molecule has 8 heteroatoms. The molecule has 0 spiro atoms. The number of rotatable bonds is 4. The molecule has 3 aromatic rings. The first-order valence-corrected chi connectivity index (χ1v) is 11.7. The van der Waals surface area contributed by atoms with E-state index < -0.39 is 5.82 Å². The van der Waals surface area contributed by atoms with Gasteiger partial charge in [0, 0.05) is 49.5 Å². The van der Waals surface area contributed by atoms with Crippen molar-refractivity contribution in [3.8, 4) is 23.7 Å². The van der Waals surface area contributed by atoms with Crippen LogP contribution in [0, 0.1) is 29.0 Å². The van der Waals surface area contributed by atoms with E-state index in [0.717, 1.165) is 26.2 Å². The molecule has 0 saturated carbocycles. The van der Waals surface area contributed by atoms with E-state index in [-0.39, 0.29) is 10.6 Å². The maximum atomic E-state index is 13.6. The molecule has 180 valence electrons. The number of hydrogen-bond acceptors (Lipinski definition) is 6. The highest BCUT2D eigenvalue weighted by Gasteiger charge is 2.27. The summed E-state index contributed by atoms with van der Waals surface area (Å²) >= 11 is 5.96. The Balaban J connectivity index is 1.78. The number of anilines is 2. The zero-order valence-electron chi connectivity index (χ0n) is 20.2. The van der Waals surface area contributed by atoms with Crippen molar-refractivity contribution in [3.63, 3.8) is 0 Å². The molecule has 0 atom stereocenters. The molecule has 2 heterocycles. The summed E-state index contributed by atoms with van der Waals surface area (Å²) in [5.74, 6) is 6.83. The van der Waals surface area contributed by atoms with Crippen molar-refractivity contribution in [3.05, 3.63) is 58.5 Å². The molecule has 0 aliphatic carbocycles. The second-order valence-corrected chi connectivity index (χ2v) is 9.49. The van der Waals surface area contributed by atoms with Crippen LogP contribution in [0.1, 0.15) is 25.0 Å². The molecule has 0 bridgehead atoms. The van der Waals surface area contributed by atoms with E-state index >= 15 is 0 Å². The lowest BCUT2D eigenvalue weighted by molar-refractivity contribution is 0.0946. The fraction of sp³-hybridized carbons (Fsp3) is 0.333. The number of piperazine rings is 1. The highest BCUT2D eigenvalue weighted by Crippen LogP contribution is 2.34. The fourth-order valence-corrected chi connectivity index (χ4v) is 4.27. The number of nitrogens with one attached hydrogen (secondary N) is 1. The monoisotopic (exact) mass is 491 g/mol. The van der Waals surface area contributed by atoms with Gasteiger partial charge in [-0.05, 0) is 45.2 Å². The van der Waals surface area contributed by atoms with Crippen molar-refractivity contribution >= 4 is 33.9 Å². The van der Waals surface area contributed by atoms with Crippen LogP contribution in [0.4, 0.5) is 15.8 Å². The molecule has 1 saturated heterocycles. The Morgan fingerprint density at radius 1 is 1.14 bits per heavy atom. The Hall–Kier alpha value is -3.36. The molecule has 6 nitrogen and oxygen atoms in total. The Morgan fingerprint density at radius 2 is 1.89 bits per heavy atom. The van der Waals surface area contributed by atoms with Crippen LogP contribution in [0.15, 0.2) is 36.5 Å². The zero-order valence-corrected chi connectivity index (χ0v) is 21.0. The van der Waals surface area contributed by atoms with Crippen LogP contribution in [0.2, 0.25) is 5.02 Å². The van der Waals surface area contributed by atoms with E-state index in [1.54, 1.807) is 13.2 Å². The number of halogens is 2. The first-order valence-electron chi connectivity index (χ1n) is 11.3. The van der Waals surface area contributed by atoms with Gasteiger partial charge in [0.15, 0.2) is 0 Å². The topological polar surface area (TPSA) is 64.4 Å². The van der Waals surface area contributed by atoms with Crippen LogP contribution in [-0.4, -0.2) is 60.7 Å². The van der Waals surface area contributed by atoms with Gasteiger partial charge in [-0.15, -0.1) is 0 Å². The smallest absolute Gasteiger partial charge is 0.141 e. The van der Waals surface area contributed by atoms with Crippen LogP contribution in [0.5, 0.6) is 5.75 Å². The number of pyridine rings is 1. The predicted molar refractivity (Wildman–Crippen MR) is 138 cm³/mol. The molecule has 2 aromatic carbocycles. The van der Waals surface area contributed by atoms with E-state index in [1.807, 2.05) is 12.1 Å². The van der Waals surface area contributed by atoms with Gasteiger partial charge < -0.3 is 15.0 Å². The maximum absolute atomic E-state index is 13.6. The molecular formula is C27H27ClFN5O. The lowest BCUT2D eigenvalue weighted by Gasteiger charge is -2.40. The number of aromatic nitrogens is 1. The molecular weight excluding hydrogens is 465 g/mol. The van der Waals surface area contributed by atoms with E-state index in [0.29, 0.717) is 39.2 Å². The Labute approximate surface area is 210 Å². The van der Waals surface area contributed by atoms with Gasteiger partial charge in [-0.2, -0.15) is 5.26 Å². The largest absolute Gasteiger partial charge is 0.495 e. The van der Waals surface area contributed by atoms with Crippen molar-refractivity contribution in [2.24, 2.45) is 0 Å².